The summed E-state index contributed by atoms with van der Waals surface area (Å²) in [5.41, 5.74) is 4.26. The molecule has 1 aromatic heterocycles. The van der Waals surface area contributed by atoms with E-state index >= 15 is 0 Å². The Hall–Kier alpha value is -3.16. The van der Waals surface area contributed by atoms with Gasteiger partial charge in [0.05, 0.1) is 11.7 Å². The van der Waals surface area contributed by atoms with Crippen LogP contribution in [0, 0.1) is 5.41 Å². The Labute approximate surface area is 161 Å². The smallest absolute Gasteiger partial charge is 0.232 e. The third-order valence-electron chi connectivity index (χ3n) is 6.20. The Morgan fingerprint density at radius 1 is 1.11 bits per heavy atom. The van der Waals surface area contributed by atoms with E-state index in [-0.39, 0.29) is 34.6 Å². The second-order valence-corrected chi connectivity index (χ2v) is 7.71. The van der Waals surface area contributed by atoms with Crippen LogP contribution in [-0.4, -0.2) is 26.3 Å². The normalized spacial score (nSPS) is 24.4. The Balaban J connectivity index is 1.59. The Morgan fingerprint density at radius 3 is 2.25 bits per heavy atom. The fourth-order valence-corrected chi connectivity index (χ4v) is 4.98. The van der Waals surface area contributed by atoms with Crippen molar-refractivity contribution >= 4 is 17.5 Å². The van der Waals surface area contributed by atoms with Gasteiger partial charge in [-0.05, 0) is 35.6 Å². The molecular weight excluding hydrogens is 356 g/mol. The zero-order chi connectivity index (χ0) is 19.5. The average molecular weight is 376 g/mol. The number of aromatic amines is 1. The van der Waals surface area contributed by atoms with Crippen molar-refractivity contribution in [1.29, 1.82) is 0 Å². The number of aromatic nitrogens is 2. The summed E-state index contributed by atoms with van der Waals surface area (Å²) in [6.45, 7) is 1.98. The van der Waals surface area contributed by atoms with Crippen LogP contribution in [0.5, 0.6) is 0 Å². The molecule has 0 saturated heterocycles. The van der Waals surface area contributed by atoms with Crippen molar-refractivity contribution < 1.29 is 15.2 Å². The molecule has 1 atom stereocenters. The highest BCUT2D eigenvalue weighted by atomic mass is 16.8. The van der Waals surface area contributed by atoms with E-state index in [1.165, 1.54) is 28.6 Å². The molecule has 1 unspecified atom stereocenters. The van der Waals surface area contributed by atoms with Crippen molar-refractivity contribution in [3.8, 4) is 0 Å². The van der Waals surface area contributed by atoms with Crippen molar-refractivity contribution in [1.82, 2.24) is 9.97 Å². The molecule has 6 rings (SSSR count). The maximum absolute atomic E-state index is 13.4. The number of rotatable bonds is 3. The number of hydrogen-bond donors (Lipinski definition) is 4. The van der Waals surface area contributed by atoms with E-state index in [1.54, 1.807) is 0 Å². The molecule has 0 saturated carbocycles. The van der Waals surface area contributed by atoms with Crippen molar-refractivity contribution in [2.24, 2.45) is 5.41 Å². The fourth-order valence-electron chi connectivity index (χ4n) is 4.98. The minimum Gasteiger partial charge on any atom is -0.329 e. The molecule has 3 aromatic rings. The monoisotopic (exact) mass is 376 g/mol. The van der Waals surface area contributed by atoms with Gasteiger partial charge in [-0.25, -0.2) is 4.98 Å². The summed E-state index contributed by atoms with van der Waals surface area (Å²) in [6.07, 6.45) is 1.98. The number of carbonyl (C=O) groups is 1. The molecular formula is C21H20N4O3. The van der Waals surface area contributed by atoms with Crippen LogP contribution in [0.2, 0.25) is 0 Å². The predicted molar refractivity (Wildman–Crippen MR) is 103 cm³/mol. The molecule has 28 heavy (non-hydrogen) atoms. The van der Waals surface area contributed by atoms with Crippen LogP contribution in [-0.2, 0) is 4.79 Å². The van der Waals surface area contributed by atoms with Crippen LogP contribution in [0.1, 0.15) is 47.4 Å². The number of H-pyrrole nitrogens is 1. The van der Waals surface area contributed by atoms with Crippen molar-refractivity contribution in [2.75, 3.05) is 10.5 Å². The first-order chi connectivity index (χ1) is 13.5. The van der Waals surface area contributed by atoms with Gasteiger partial charge in [0.25, 0.3) is 0 Å². The number of nitrogens with one attached hydrogen (secondary N) is 2. The number of nitrogens with zero attached hydrogens (tertiary/aromatic N) is 2. The Bertz CT molecular complexity index is 1030. The molecule has 3 aliphatic rings. The topological polar surface area (TPSA) is 101 Å². The molecule has 1 amide bonds. The van der Waals surface area contributed by atoms with E-state index in [4.69, 9.17) is 0 Å². The summed E-state index contributed by atoms with van der Waals surface area (Å²) in [5, 5.41) is 21.3. The standard InChI is InChI=1S/C21H20N4O3/c1-21(20(26)24-18-19(25(27)28)23-11-22-18)10-16-12-6-2-4-8-14(12)17(21)15-9-5-3-7-13(15)16/h2-9,11,16-17,27-28H,10H2,1H3,(H,22,23)(H,24,26). The van der Waals surface area contributed by atoms with E-state index in [9.17, 15) is 15.2 Å². The lowest BCUT2D eigenvalue weighted by molar-refractivity contribution is -0.126. The van der Waals surface area contributed by atoms with Crippen molar-refractivity contribution in [2.45, 2.75) is 25.2 Å². The van der Waals surface area contributed by atoms with Gasteiger partial charge >= 0.3 is 0 Å². The van der Waals surface area contributed by atoms with Gasteiger partial charge in [0.2, 0.25) is 11.7 Å². The molecule has 7 nitrogen and oxygen atoms in total. The van der Waals surface area contributed by atoms with Gasteiger partial charge in [0, 0.05) is 11.8 Å². The Kier molecular flexibility index (Phi) is 3.59. The van der Waals surface area contributed by atoms with E-state index in [0.29, 0.717) is 6.42 Å². The first-order valence-corrected chi connectivity index (χ1v) is 9.21. The second-order valence-electron chi connectivity index (χ2n) is 7.71. The highest BCUT2D eigenvalue weighted by Gasteiger charge is 2.54. The lowest BCUT2D eigenvalue weighted by atomic mass is 9.52. The largest absolute Gasteiger partial charge is 0.329 e. The number of anilines is 2. The quantitative estimate of drug-likeness (QED) is 0.523. The van der Waals surface area contributed by atoms with Crippen LogP contribution >= 0.6 is 0 Å². The molecule has 0 aliphatic heterocycles. The molecule has 0 radical (unpaired) electrons. The zero-order valence-corrected chi connectivity index (χ0v) is 15.3. The first kappa shape index (κ1) is 17.0. The summed E-state index contributed by atoms with van der Waals surface area (Å²) in [4.78, 5) is 20.0. The number of hydrogen-bond acceptors (Lipinski definition) is 5. The minimum atomic E-state index is -0.689. The zero-order valence-electron chi connectivity index (χ0n) is 15.3. The van der Waals surface area contributed by atoms with Crippen molar-refractivity contribution in [3.05, 3.63) is 77.1 Å². The predicted octanol–water partition coefficient (Wildman–Crippen LogP) is 3.62. The van der Waals surface area contributed by atoms with Gasteiger partial charge in [-0.1, -0.05) is 48.5 Å². The van der Waals surface area contributed by atoms with E-state index in [1.807, 2.05) is 31.2 Å². The molecule has 0 spiro atoms. The summed E-state index contributed by atoms with van der Waals surface area (Å²) in [6, 6.07) is 16.7. The van der Waals surface area contributed by atoms with E-state index in [0.717, 1.165) is 0 Å². The number of carbonyl (C=O) groups excluding carboxylic acids is 1. The van der Waals surface area contributed by atoms with Crippen molar-refractivity contribution in [3.63, 3.8) is 0 Å². The number of imidazole rings is 1. The molecule has 2 bridgehead atoms. The fraction of sp³-hybridized carbons (Fsp3) is 0.238. The lowest BCUT2D eigenvalue weighted by Crippen LogP contribution is -2.47. The maximum atomic E-state index is 13.4. The summed E-state index contributed by atoms with van der Waals surface area (Å²) in [5.74, 6) is -0.103. The number of amides is 1. The van der Waals surface area contributed by atoms with Crippen LogP contribution in [0.25, 0.3) is 0 Å². The highest BCUT2D eigenvalue weighted by Crippen LogP contribution is 2.61. The number of benzene rings is 2. The molecule has 4 N–H and O–H groups in total. The third kappa shape index (κ3) is 2.23. The average Bonchev–Trinajstić information content (AvgIpc) is 3.16. The molecule has 1 heterocycles. The highest BCUT2D eigenvalue weighted by molar-refractivity contribution is 5.98. The Morgan fingerprint density at radius 2 is 1.68 bits per heavy atom. The van der Waals surface area contributed by atoms with Crippen LogP contribution in [0.4, 0.5) is 11.6 Å². The first-order valence-electron chi connectivity index (χ1n) is 9.21. The minimum absolute atomic E-state index is 0.0735. The van der Waals surface area contributed by atoms with Gasteiger partial charge < -0.3 is 10.3 Å². The van der Waals surface area contributed by atoms with Crippen LogP contribution in [0.15, 0.2) is 54.9 Å². The van der Waals surface area contributed by atoms with Crippen LogP contribution in [0.3, 0.4) is 0 Å². The third-order valence-corrected chi connectivity index (χ3v) is 6.20. The van der Waals surface area contributed by atoms with E-state index in [2.05, 4.69) is 39.6 Å². The lowest BCUT2D eigenvalue weighted by Gasteiger charge is -2.50. The molecule has 142 valence electrons. The molecule has 2 aromatic carbocycles. The second kappa shape index (κ2) is 5.92. The molecule has 0 fully saturated rings. The van der Waals surface area contributed by atoms with Crippen LogP contribution < -0.4 is 10.5 Å². The SMILES string of the molecule is CC1(C(=O)Nc2[nH]cnc2N(O)O)CC2c3ccccc3C1c1ccccc12. The van der Waals surface area contributed by atoms with Gasteiger partial charge in [0.1, 0.15) is 0 Å². The van der Waals surface area contributed by atoms with Gasteiger partial charge in [-0.2, -0.15) is 0 Å². The van der Waals surface area contributed by atoms with Gasteiger partial charge in [-0.15, -0.1) is 5.23 Å². The molecule has 7 heteroatoms. The maximum Gasteiger partial charge on any atom is 0.232 e. The van der Waals surface area contributed by atoms with E-state index < -0.39 is 5.41 Å². The van der Waals surface area contributed by atoms with Gasteiger partial charge in [-0.3, -0.25) is 15.2 Å². The summed E-state index contributed by atoms with van der Waals surface area (Å²) in [7, 11) is 0. The summed E-state index contributed by atoms with van der Waals surface area (Å²) >= 11 is 0. The molecule has 3 aliphatic carbocycles. The number of fused-ring (bicyclic) bond motifs is 1. The summed E-state index contributed by atoms with van der Waals surface area (Å²) < 4.78 is 0. The van der Waals surface area contributed by atoms with Gasteiger partial charge in [0.15, 0.2) is 5.82 Å².